The molecule has 0 aliphatic rings. The molecule has 1 aromatic carbocycles. The largest absolute Gasteiger partial charge is 0.494 e. The first-order valence-corrected chi connectivity index (χ1v) is 8.52. The number of hydrogen-bond donors (Lipinski definition) is 3. The standard InChI is InChI=1S/C18H24N8O/c1-11(2)26-12(7-8-22-26)9-25(21)10-14(19)16-13-5-4-6-15(27-3)17(13)24-18(20)23-16/h4-8,10-11H,9,19,21H2,1-3H3,(H2,20,23,24)/b14-10-. The van der Waals surface area contributed by atoms with Gasteiger partial charge >= 0.3 is 0 Å². The second kappa shape index (κ2) is 7.50. The second-order valence-corrected chi connectivity index (χ2v) is 6.40. The molecule has 3 aromatic rings. The molecule has 0 aliphatic carbocycles. The molecule has 9 heteroatoms. The van der Waals surface area contributed by atoms with Gasteiger partial charge in [0.1, 0.15) is 17.0 Å². The van der Waals surface area contributed by atoms with Gasteiger partial charge in [-0.1, -0.05) is 12.1 Å². The Kier molecular flexibility index (Phi) is 5.13. The monoisotopic (exact) mass is 368 g/mol. The van der Waals surface area contributed by atoms with Crippen molar-refractivity contribution in [1.29, 1.82) is 0 Å². The highest BCUT2D eigenvalue weighted by atomic mass is 16.5. The van der Waals surface area contributed by atoms with E-state index in [1.54, 1.807) is 25.6 Å². The van der Waals surface area contributed by atoms with Crippen molar-refractivity contribution in [2.75, 3.05) is 12.8 Å². The smallest absolute Gasteiger partial charge is 0.221 e. The van der Waals surface area contributed by atoms with E-state index in [1.807, 2.05) is 22.9 Å². The minimum absolute atomic E-state index is 0.111. The van der Waals surface area contributed by atoms with Crippen LogP contribution in [0.5, 0.6) is 5.75 Å². The van der Waals surface area contributed by atoms with Gasteiger partial charge in [0.2, 0.25) is 5.95 Å². The van der Waals surface area contributed by atoms with Gasteiger partial charge in [-0.3, -0.25) is 4.68 Å². The van der Waals surface area contributed by atoms with Crippen LogP contribution in [0.15, 0.2) is 36.7 Å². The molecule has 0 aliphatic heterocycles. The van der Waals surface area contributed by atoms with Crippen molar-refractivity contribution in [3.8, 4) is 5.75 Å². The molecule has 0 amide bonds. The van der Waals surface area contributed by atoms with Crippen LogP contribution in [0.2, 0.25) is 0 Å². The van der Waals surface area contributed by atoms with E-state index >= 15 is 0 Å². The molecule has 0 saturated carbocycles. The summed E-state index contributed by atoms with van der Waals surface area (Å²) in [5.41, 5.74) is 14.6. The van der Waals surface area contributed by atoms with E-state index in [0.717, 1.165) is 11.1 Å². The molecule has 9 nitrogen and oxygen atoms in total. The van der Waals surface area contributed by atoms with Crippen LogP contribution >= 0.6 is 0 Å². The maximum absolute atomic E-state index is 6.28. The summed E-state index contributed by atoms with van der Waals surface area (Å²) in [6, 6.07) is 7.68. The van der Waals surface area contributed by atoms with Crippen molar-refractivity contribution in [2.45, 2.75) is 26.4 Å². The molecule has 2 aromatic heterocycles. The van der Waals surface area contributed by atoms with Crippen LogP contribution in [-0.4, -0.2) is 31.9 Å². The lowest BCUT2D eigenvalue weighted by molar-refractivity contribution is 0.361. The number of benzene rings is 1. The Morgan fingerprint density at radius 2 is 2.07 bits per heavy atom. The number of rotatable bonds is 6. The van der Waals surface area contributed by atoms with E-state index in [2.05, 4.69) is 28.9 Å². The van der Waals surface area contributed by atoms with Crippen LogP contribution in [0.4, 0.5) is 5.95 Å². The third-order valence-corrected chi connectivity index (χ3v) is 4.09. The van der Waals surface area contributed by atoms with Crippen molar-refractivity contribution < 1.29 is 4.74 Å². The molecular formula is C18H24N8O. The highest BCUT2D eigenvalue weighted by Crippen LogP contribution is 2.28. The lowest BCUT2D eigenvalue weighted by atomic mass is 10.1. The van der Waals surface area contributed by atoms with Crippen molar-refractivity contribution in [3.05, 3.63) is 48.1 Å². The average Bonchev–Trinajstić information content (AvgIpc) is 3.08. The van der Waals surface area contributed by atoms with Gasteiger partial charge in [-0.2, -0.15) is 5.10 Å². The van der Waals surface area contributed by atoms with Crippen LogP contribution in [0.1, 0.15) is 31.3 Å². The first-order chi connectivity index (χ1) is 12.9. The van der Waals surface area contributed by atoms with Crippen molar-refractivity contribution in [2.24, 2.45) is 11.6 Å². The fraction of sp³-hybridized carbons (Fsp3) is 0.278. The Balaban J connectivity index is 1.95. The molecule has 0 spiro atoms. The Hall–Kier alpha value is -3.33. The number of hydrazine groups is 1. The summed E-state index contributed by atoms with van der Waals surface area (Å²) in [4.78, 5) is 8.55. The molecule has 0 atom stereocenters. The van der Waals surface area contributed by atoms with Crippen LogP contribution in [0, 0.1) is 0 Å². The van der Waals surface area contributed by atoms with Crippen molar-refractivity contribution in [3.63, 3.8) is 0 Å². The fourth-order valence-electron chi connectivity index (χ4n) is 2.93. The molecule has 0 saturated heterocycles. The number of para-hydroxylation sites is 1. The predicted octanol–water partition coefficient (Wildman–Crippen LogP) is 1.63. The number of ether oxygens (including phenoxy) is 1. The predicted molar refractivity (Wildman–Crippen MR) is 105 cm³/mol. The molecule has 0 unspecified atom stereocenters. The summed E-state index contributed by atoms with van der Waals surface area (Å²) < 4.78 is 7.26. The van der Waals surface area contributed by atoms with E-state index in [0.29, 0.717) is 29.2 Å². The summed E-state index contributed by atoms with van der Waals surface area (Å²) in [5.74, 6) is 6.86. The van der Waals surface area contributed by atoms with E-state index in [9.17, 15) is 0 Å². The summed E-state index contributed by atoms with van der Waals surface area (Å²) in [5, 5.41) is 6.54. The highest BCUT2D eigenvalue weighted by Gasteiger charge is 2.13. The van der Waals surface area contributed by atoms with Gasteiger partial charge in [-0.25, -0.2) is 15.8 Å². The molecule has 0 bridgehead atoms. The maximum Gasteiger partial charge on any atom is 0.221 e. The first-order valence-electron chi connectivity index (χ1n) is 8.52. The minimum Gasteiger partial charge on any atom is -0.494 e. The first kappa shape index (κ1) is 18.5. The van der Waals surface area contributed by atoms with Crippen LogP contribution in [0.3, 0.4) is 0 Å². The highest BCUT2D eigenvalue weighted by molar-refractivity contribution is 5.93. The van der Waals surface area contributed by atoms with Gasteiger partial charge in [-0.05, 0) is 26.0 Å². The molecule has 0 fully saturated rings. The van der Waals surface area contributed by atoms with Gasteiger partial charge in [-0.15, -0.1) is 0 Å². The minimum atomic E-state index is 0.111. The topological polar surface area (TPSA) is 134 Å². The molecule has 27 heavy (non-hydrogen) atoms. The average molecular weight is 368 g/mol. The number of nitrogens with two attached hydrogens (primary N) is 3. The molecular weight excluding hydrogens is 344 g/mol. The zero-order valence-corrected chi connectivity index (χ0v) is 15.6. The summed E-state index contributed by atoms with van der Waals surface area (Å²) in [6.07, 6.45) is 3.37. The van der Waals surface area contributed by atoms with Crippen molar-refractivity contribution >= 4 is 22.5 Å². The van der Waals surface area contributed by atoms with Gasteiger partial charge in [0.25, 0.3) is 0 Å². The number of nitrogen functional groups attached to an aromatic ring is 1. The molecule has 3 rings (SSSR count). The third-order valence-electron chi connectivity index (χ3n) is 4.09. The molecule has 2 heterocycles. The summed E-state index contributed by atoms with van der Waals surface area (Å²) in [6.45, 7) is 4.57. The SMILES string of the molecule is COc1cccc2c(/C(N)=C/N(N)Cc3ccnn3C(C)C)nc(N)nc12. The number of hydrogen-bond acceptors (Lipinski definition) is 8. The Labute approximate surface area is 157 Å². The Morgan fingerprint density at radius 3 is 2.78 bits per heavy atom. The van der Waals surface area contributed by atoms with Gasteiger partial charge in [0.15, 0.2) is 0 Å². The quantitative estimate of drug-likeness (QED) is 0.441. The summed E-state index contributed by atoms with van der Waals surface area (Å²) >= 11 is 0. The van der Waals surface area contributed by atoms with E-state index in [1.165, 1.54) is 5.01 Å². The molecule has 142 valence electrons. The van der Waals surface area contributed by atoms with Crippen LogP contribution in [0.25, 0.3) is 16.6 Å². The number of fused-ring (bicyclic) bond motifs is 1. The molecule has 0 radical (unpaired) electrons. The maximum atomic E-state index is 6.28. The number of anilines is 1. The lowest BCUT2D eigenvalue weighted by Gasteiger charge is -2.18. The third kappa shape index (κ3) is 3.77. The van der Waals surface area contributed by atoms with Crippen LogP contribution in [-0.2, 0) is 6.54 Å². The van der Waals surface area contributed by atoms with Gasteiger partial charge in [0, 0.05) is 23.8 Å². The van der Waals surface area contributed by atoms with E-state index < -0.39 is 0 Å². The molecule has 6 N–H and O–H groups in total. The Morgan fingerprint density at radius 1 is 1.30 bits per heavy atom. The second-order valence-electron chi connectivity index (χ2n) is 6.40. The van der Waals surface area contributed by atoms with E-state index in [4.69, 9.17) is 22.0 Å². The normalized spacial score (nSPS) is 12.0. The van der Waals surface area contributed by atoms with Crippen LogP contribution < -0.4 is 22.0 Å². The lowest BCUT2D eigenvalue weighted by Crippen LogP contribution is -2.27. The number of aromatic nitrogens is 4. The van der Waals surface area contributed by atoms with E-state index in [-0.39, 0.29) is 12.0 Å². The summed E-state index contributed by atoms with van der Waals surface area (Å²) in [7, 11) is 1.57. The van der Waals surface area contributed by atoms with Crippen molar-refractivity contribution in [1.82, 2.24) is 24.8 Å². The number of nitrogens with zero attached hydrogens (tertiary/aromatic N) is 5. The zero-order valence-electron chi connectivity index (χ0n) is 15.6. The number of methoxy groups -OCH3 is 1. The fourth-order valence-corrected chi connectivity index (χ4v) is 2.93. The van der Waals surface area contributed by atoms with Gasteiger partial charge < -0.3 is 21.2 Å². The Bertz CT molecular complexity index is 979. The zero-order chi connectivity index (χ0) is 19.6. The van der Waals surface area contributed by atoms with Gasteiger partial charge in [0.05, 0.1) is 25.0 Å².